The minimum atomic E-state index is 0.350. The Bertz CT molecular complexity index is 517. The van der Waals surface area contributed by atoms with Crippen molar-refractivity contribution in [2.75, 3.05) is 27.2 Å². The molecule has 0 fully saturated rings. The molecule has 1 aromatic heterocycles. The van der Waals surface area contributed by atoms with E-state index in [0.717, 1.165) is 25.0 Å². The third kappa shape index (κ3) is 3.52. The summed E-state index contributed by atoms with van der Waals surface area (Å²) in [5.74, 6) is 0. The Balaban J connectivity index is 2.37. The Hall–Kier alpha value is -1.45. The fraction of sp³-hybridized carbons (Fsp3) is 0.438. The predicted octanol–water partition coefficient (Wildman–Crippen LogP) is 2.84. The first-order chi connectivity index (χ1) is 9.22. The molecule has 1 atom stereocenters. The number of hydrogen-bond donors (Lipinski definition) is 1. The molecule has 0 radical (unpaired) electrons. The Morgan fingerprint density at radius 1 is 1.21 bits per heavy atom. The van der Waals surface area contributed by atoms with Gasteiger partial charge in [0.25, 0.3) is 0 Å². The minimum Gasteiger partial charge on any atom is -0.309 e. The zero-order chi connectivity index (χ0) is 13.7. The van der Waals surface area contributed by atoms with Gasteiger partial charge in [-0.1, -0.05) is 25.1 Å². The summed E-state index contributed by atoms with van der Waals surface area (Å²) in [6.07, 6.45) is 3.00. The molecule has 1 heterocycles. The smallest absolute Gasteiger partial charge is 0.0705 e. The zero-order valence-corrected chi connectivity index (χ0v) is 12.1. The van der Waals surface area contributed by atoms with E-state index in [1.54, 1.807) is 0 Å². The third-order valence-electron chi connectivity index (χ3n) is 3.24. The maximum absolute atomic E-state index is 4.44. The van der Waals surface area contributed by atoms with Crippen molar-refractivity contribution >= 4 is 10.9 Å². The van der Waals surface area contributed by atoms with Gasteiger partial charge in [0.1, 0.15) is 0 Å². The van der Waals surface area contributed by atoms with Gasteiger partial charge in [0, 0.05) is 24.2 Å². The number of rotatable bonds is 6. The highest BCUT2D eigenvalue weighted by molar-refractivity contribution is 5.82. The van der Waals surface area contributed by atoms with Crippen LogP contribution in [0.5, 0.6) is 0 Å². The molecule has 0 saturated carbocycles. The average molecular weight is 257 g/mol. The predicted molar refractivity (Wildman–Crippen MR) is 81.3 cm³/mol. The van der Waals surface area contributed by atoms with Crippen molar-refractivity contribution in [3.63, 3.8) is 0 Å². The summed E-state index contributed by atoms with van der Waals surface area (Å²) in [4.78, 5) is 6.67. The van der Waals surface area contributed by atoms with Gasteiger partial charge in [-0.15, -0.1) is 0 Å². The molecule has 1 N–H and O–H groups in total. The van der Waals surface area contributed by atoms with E-state index in [9.17, 15) is 0 Å². The highest BCUT2D eigenvalue weighted by Crippen LogP contribution is 2.23. The summed E-state index contributed by atoms with van der Waals surface area (Å²) in [7, 11) is 4.23. The lowest BCUT2D eigenvalue weighted by Crippen LogP contribution is -2.31. The number of nitrogens with zero attached hydrogens (tertiary/aromatic N) is 2. The number of hydrogen-bond acceptors (Lipinski definition) is 3. The molecule has 19 heavy (non-hydrogen) atoms. The van der Waals surface area contributed by atoms with Crippen LogP contribution in [0.15, 0.2) is 36.5 Å². The van der Waals surface area contributed by atoms with Gasteiger partial charge in [0.2, 0.25) is 0 Å². The molecule has 3 nitrogen and oxygen atoms in total. The van der Waals surface area contributed by atoms with Crippen LogP contribution >= 0.6 is 0 Å². The first kappa shape index (κ1) is 14.0. The van der Waals surface area contributed by atoms with Crippen molar-refractivity contribution in [3.8, 4) is 0 Å². The summed E-state index contributed by atoms with van der Waals surface area (Å²) in [6, 6.07) is 10.9. The molecule has 102 valence electrons. The largest absolute Gasteiger partial charge is 0.309 e. The zero-order valence-electron chi connectivity index (χ0n) is 12.1. The summed E-state index contributed by atoms with van der Waals surface area (Å²) >= 11 is 0. The van der Waals surface area contributed by atoms with Gasteiger partial charge in [0.15, 0.2) is 0 Å². The fourth-order valence-electron chi connectivity index (χ4n) is 2.39. The van der Waals surface area contributed by atoms with Crippen LogP contribution in [0, 0.1) is 0 Å². The first-order valence-electron chi connectivity index (χ1n) is 6.94. The van der Waals surface area contributed by atoms with Crippen molar-refractivity contribution in [1.29, 1.82) is 0 Å². The normalized spacial score (nSPS) is 13.1. The van der Waals surface area contributed by atoms with Gasteiger partial charge >= 0.3 is 0 Å². The molecule has 0 aliphatic rings. The second kappa shape index (κ2) is 6.64. The van der Waals surface area contributed by atoms with Crippen LogP contribution < -0.4 is 5.32 Å². The number of fused-ring (bicyclic) bond motifs is 1. The average Bonchev–Trinajstić information content (AvgIpc) is 2.42. The molecule has 2 rings (SSSR count). The van der Waals surface area contributed by atoms with Gasteiger partial charge in [0.05, 0.1) is 5.52 Å². The minimum absolute atomic E-state index is 0.350. The van der Waals surface area contributed by atoms with Crippen LogP contribution in [0.1, 0.15) is 24.9 Å². The van der Waals surface area contributed by atoms with Crippen molar-refractivity contribution in [2.45, 2.75) is 19.4 Å². The van der Waals surface area contributed by atoms with Gasteiger partial charge in [-0.25, -0.2) is 0 Å². The highest BCUT2D eigenvalue weighted by atomic mass is 15.1. The summed E-state index contributed by atoms with van der Waals surface area (Å²) < 4.78 is 0. The molecular weight excluding hydrogens is 234 g/mol. The fourth-order valence-corrected chi connectivity index (χ4v) is 2.39. The van der Waals surface area contributed by atoms with Crippen molar-refractivity contribution in [3.05, 3.63) is 42.1 Å². The maximum Gasteiger partial charge on any atom is 0.0705 e. The molecule has 2 aromatic rings. The lowest BCUT2D eigenvalue weighted by Gasteiger charge is -2.24. The van der Waals surface area contributed by atoms with Crippen LogP contribution in [0.25, 0.3) is 10.9 Å². The number of aromatic nitrogens is 1. The van der Waals surface area contributed by atoms with Crippen LogP contribution in [-0.4, -0.2) is 37.1 Å². The molecule has 0 aliphatic heterocycles. The van der Waals surface area contributed by atoms with Gasteiger partial charge in [-0.3, -0.25) is 4.98 Å². The maximum atomic E-state index is 4.44. The van der Waals surface area contributed by atoms with E-state index in [0.29, 0.717) is 6.04 Å². The Morgan fingerprint density at radius 2 is 2.05 bits per heavy atom. The molecule has 1 unspecified atom stereocenters. The topological polar surface area (TPSA) is 28.2 Å². The van der Waals surface area contributed by atoms with Crippen molar-refractivity contribution < 1.29 is 0 Å². The summed E-state index contributed by atoms with van der Waals surface area (Å²) in [5.41, 5.74) is 2.41. The second-order valence-electron chi connectivity index (χ2n) is 5.19. The monoisotopic (exact) mass is 257 g/mol. The van der Waals surface area contributed by atoms with Crippen LogP contribution in [0.2, 0.25) is 0 Å². The van der Waals surface area contributed by atoms with E-state index in [-0.39, 0.29) is 0 Å². The van der Waals surface area contributed by atoms with Crippen molar-refractivity contribution in [1.82, 2.24) is 15.2 Å². The van der Waals surface area contributed by atoms with E-state index in [4.69, 9.17) is 0 Å². The number of likely N-dealkylation sites (N-methyl/N-ethyl adjacent to an activating group) is 1. The van der Waals surface area contributed by atoms with Crippen LogP contribution in [0.4, 0.5) is 0 Å². The molecule has 0 amide bonds. The van der Waals surface area contributed by atoms with Gasteiger partial charge in [-0.2, -0.15) is 0 Å². The van der Waals surface area contributed by atoms with E-state index in [2.05, 4.69) is 60.5 Å². The Morgan fingerprint density at radius 3 is 2.79 bits per heavy atom. The molecule has 0 aliphatic carbocycles. The second-order valence-corrected chi connectivity index (χ2v) is 5.19. The molecule has 0 bridgehead atoms. The number of benzene rings is 1. The van der Waals surface area contributed by atoms with Crippen molar-refractivity contribution in [2.24, 2.45) is 0 Å². The molecule has 1 aromatic carbocycles. The van der Waals surface area contributed by atoms with Crippen LogP contribution in [0.3, 0.4) is 0 Å². The number of nitrogens with one attached hydrogen (secondary N) is 1. The third-order valence-corrected chi connectivity index (χ3v) is 3.24. The lowest BCUT2D eigenvalue weighted by atomic mass is 10.0. The summed E-state index contributed by atoms with van der Waals surface area (Å²) in [5, 5.41) is 4.89. The molecule has 0 saturated heterocycles. The molecule has 0 spiro atoms. The van der Waals surface area contributed by atoms with Gasteiger partial charge in [-0.05, 0) is 44.8 Å². The highest BCUT2D eigenvalue weighted by Gasteiger charge is 2.14. The SMILES string of the molecule is CCCNC(CN(C)C)c1cccc2ncccc12. The molecule has 3 heteroatoms. The van der Waals surface area contributed by atoms with Crippen LogP contribution in [-0.2, 0) is 0 Å². The standard InChI is InChI=1S/C16H23N3/c1-4-10-17-16(12-19(2)3)14-7-5-9-15-13(14)8-6-11-18-15/h5-9,11,16-17H,4,10,12H2,1-3H3. The quantitative estimate of drug-likeness (QED) is 0.862. The van der Waals surface area contributed by atoms with E-state index in [1.807, 2.05) is 12.3 Å². The van der Waals surface area contributed by atoms with Gasteiger partial charge < -0.3 is 10.2 Å². The Kier molecular flexibility index (Phi) is 4.88. The molecular formula is C16H23N3. The lowest BCUT2D eigenvalue weighted by molar-refractivity contribution is 0.343. The number of pyridine rings is 1. The van der Waals surface area contributed by atoms with E-state index in [1.165, 1.54) is 10.9 Å². The van der Waals surface area contributed by atoms with E-state index < -0.39 is 0 Å². The first-order valence-corrected chi connectivity index (χ1v) is 6.94. The summed E-state index contributed by atoms with van der Waals surface area (Å²) in [6.45, 7) is 4.23. The Labute approximate surface area is 115 Å². The van der Waals surface area contributed by atoms with E-state index >= 15 is 0 Å².